The Bertz CT molecular complexity index is 2270. The summed E-state index contributed by atoms with van der Waals surface area (Å²) in [7, 11) is 0. The standard InChI is InChI=1S/C25H26N2O4.C24H28N2O3.Na.H2O/c28-21(14-17-5-7-22-18(13-17)6-8-24(22)29)15-26-11-9-20(10-12-26)27-23-4-2-1-3-19(23)16-31-25(27)30;27-16-19-3-1-2-4-23(19)25-20-9-11-26(12-10-20)15-21(28)14-17-5-7-22-18(13-17)6-8-24(22)29;;/h1-5,7,13,20H,6,8-12,14-16H2;1-5,7,13,20,25,27H,6,8-12,14-16H2;;1H2/q;;+1;/p-1. The summed E-state index contributed by atoms with van der Waals surface area (Å²) in [5.74, 6) is 0.837. The van der Waals surface area contributed by atoms with E-state index in [-0.39, 0.29) is 76.9 Å². The number of ether oxygens (including phenoxy) is 1. The molecule has 2 saturated heterocycles. The molecule has 4 aromatic rings. The Balaban J connectivity index is 0.000000201. The molecule has 320 valence electrons. The summed E-state index contributed by atoms with van der Waals surface area (Å²) in [6.45, 7) is 4.61. The molecule has 4 aromatic carbocycles. The maximum atomic E-state index is 12.7. The van der Waals surface area contributed by atoms with Crippen LogP contribution in [0.15, 0.2) is 84.9 Å². The second-order valence-corrected chi connectivity index (χ2v) is 16.8. The van der Waals surface area contributed by atoms with Crippen molar-refractivity contribution in [2.24, 2.45) is 0 Å². The maximum Gasteiger partial charge on any atom is 1.00 e. The zero-order chi connectivity index (χ0) is 41.6. The van der Waals surface area contributed by atoms with Gasteiger partial charge in [-0.2, -0.15) is 0 Å². The Morgan fingerprint density at radius 1 is 0.661 bits per heavy atom. The van der Waals surface area contributed by atoms with E-state index in [1.165, 1.54) is 0 Å². The van der Waals surface area contributed by atoms with Crippen LogP contribution in [0.25, 0.3) is 0 Å². The van der Waals surface area contributed by atoms with E-state index in [4.69, 9.17) is 4.74 Å². The molecular formula is C49H55N4NaO8. The molecule has 1 amide bonds. The molecule has 0 radical (unpaired) electrons. The Morgan fingerprint density at radius 2 is 1.19 bits per heavy atom. The molecule has 0 saturated carbocycles. The van der Waals surface area contributed by atoms with Crippen molar-refractivity contribution in [2.75, 3.05) is 49.5 Å². The number of fused-ring (bicyclic) bond motifs is 3. The van der Waals surface area contributed by atoms with Crippen LogP contribution in [0.5, 0.6) is 0 Å². The van der Waals surface area contributed by atoms with Gasteiger partial charge in [-0.3, -0.25) is 33.9 Å². The smallest absolute Gasteiger partial charge is 0.870 e. The van der Waals surface area contributed by atoms with Gasteiger partial charge in [-0.15, -0.1) is 0 Å². The van der Waals surface area contributed by atoms with E-state index in [1.54, 1.807) is 4.90 Å². The van der Waals surface area contributed by atoms with Crippen LogP contribution in [-0.2, 0) is 53.2 Å². The number of anilines is 2. The van der Waals surface area contributed by atoms with Gasteiger partial charge in [0.2, 0.25) is 0 Å². The summed E-state index contributed by atoms with van der Waals surface area (Å²) in [4.78, 5) is 67.4. The van der Waals surface area contributed by atoms with Crippen molar-refractivity contribution in [3.8, 4) is 0 Å². The number of hydrogen-bond acceptors (Lipinski definition) is 11. The van der Waals surface area contributed by atoms with Crippen molar-refractivity contribution >= 4 is 40.6 Å². The van der Waals surface area contributed by atoms with Crippen molar-refractivity contribution in [3.63, 3.8) is 0 Å². The number of carbonyl (C=O) groups is 5. The molecular weight excluding hydrogens is 796 g/mol. The number of nitrogens with one attached hydrogen (secondary N) is 1. The third-order valence-corrected chi connectivity index (χ3v) is 12.6. The van der Waals surface area contributed by atoms with E-state index in [0.717, 1.165) is 121 Å². The first kappa shape index (κ1) is 47.0. The fourth-order valence-electron chi connectivity index (χ4n) is 9.41. The zero-order valence-corrected chi connectivity index (χ0v) is 37.7. The largest absolute Gasteiger partial charge is 1.00 e. The fraction of sp³-hybridized carbons (Fsp3) is 0.408. The number of cyclic esters (lactones) is 1. The first-order chi connectivity index (χ1) is 29.2. The van der Waals surface area contributed by atoms with E-state index in [2.05, 4.69) is 15.1 Å². The van der Waals surface area contributed by atoms with E-state index < -0.39 is 0 Å². The van der Waals surface area contributed by atoms with Gasteiger partial charge in [0.25, 0.3) is 0 Å². The second-order valence-electron chi connectivity index (χ2n) is 16.8. The van der Waals surface area contributed by atoms with Gasteiger partial charge >= 0.3 is 35.7 Å². The number of aliphatic hydroxyl groups excluding tert-OH is 1. The van der Waals surface area contributed by atoms with E-state index in [0.29, 0.717) is 51.4 Å². The van der Waals surface area contributed by atoms with Gasteiger partial charge in [-0.25, -0.2) is 4.79 Å². The van der Waals surface area contributed by atoms with Crippen molar-refractivity contribution in [1.82, 2.24) is 9.80 Å². The molecule has 9 rings (SSSR count). The predicted octanol–water partition coefficient (Wildman–Crippen LogP) is 3.37. The summed E-state index contributed by atoms with van der Waals surface area (Å²) < 4.78 is 5.36. The number of amides is 1. The monoisotopic (exact) mass is 850 g/mol. The summed E-state index contributed by atoms with van der Waals surface area (Å²) in [5, 5.41) is 13.0. The number of likely N-dealkylation sites (tertiary alicyclic amines) is 2. The number of aliphatic hydroxyl groups is 1. The Labute approximate surface area is 385 Å². The van der Waals surface area contributed by atoms with Gasteiger partial charge in [-0.1, -0.05) is 72.8 Å². The van der Waals surface area contributed by atoms with Gasteiger partial charge in [0.05, 0.1) is 25.4 Å². The minimum atomic E-state index is -0.275. The first-order valence-electron chi connectivity index (χ1n) is 21.5. The van der Waals surface area contributed by atoms with Crippen molar-refractivity contribution in [2.45, 2.75) is 89.5 Å². The first-order valence-corrected chi connectivity index (χ1v) is 21.5. The molecule has 5 aliphatic rings. The third kappa shape index (κ3) is 11.3. The molecule has 0 atom stereocenters. The van der Waals surface area contributed by atoms with Gasteiger partial charge < -0.3 is 20.6 Å². The van der Waals surface area contributed by atoms with Crippen LogP contribution in [0.2, 0.25) is 0 Å². The number of para-hydroxylation sites is 2. The van der Waals surface area contributed by atoms with E-state index >= 15 is 0 Å². The number of rotatable bonds is 12. The average molecular weight is 851 g/mol. The van der Waals surface area contributed by atoms with Crippen LogP contribution < -0.4 is 39.8 Å². The van der Waals surface area contributed by atoms with Gasteiger partial charge in [0, 0.05) is 91.9 Å². The molecule has 0 aromatic heterocycles. The molecule has 0 bridgehead atoms. The molecule has 3 heterocycles. The van der Waals surface area contributed by atoms with Gasteiger partial charge in [-0.05, 0) is 72.9 Å². The molecule has 13 heteroatoms. The van der Waals surface area contributed by atoms with Crippen LogP contribution in [-0.4, -0.2) is 101 Å². The minimum absolute atomic E-state index is 0. The molecule has 0 spiro atoms. The normalized spacial score (nSPS) is 17.7. The van der Waals surface area contributed by atoms with Crippen molar-refractivity contribution in [1.29, 1.82) is 0 Å². The number of Topliss-reactive ketones (excluding diaryl/α,β-unsaturated/α-hetero) is 4. The van der Waals surface area contributed by atoms with Gasteiger partial charge in [0.15, 0.2) is 23.1 Å². The molecule has 2 aliphatic carbocycles. The second kappa shape index (κ2) is 21.7. The van der Waals surface area contributed by atoms with Crippen molar-refractivity contribution < 1.29 is 68.8 Å². The predicted molar refractivity (Wildman–Crippen MR) is 232 cm³/mol. The molecule has 62 heavy (non-hydrogen) atoms. The Morgan fingerprint density at radius 3 is 1.77 bits per heavy atom. The fourth-order valence-corrected chi connectivity index (χ4v) is 9.41. The third-order valence-electron chi connectivity index (χ3n) is 12.6. The number of nitrogens with zero attached hydrogens (tertiary/aromatic N) is 3. The summed E-state index contributed by atoms with van der Waals surface area (Å²) in [5.41, 5.74) is 9.72. The van der Waals surface area contributed by atoms with Crippen LogP contribution >= 0.6 is 0 Å². The number of piperidine rings is 2. The Kier molecular flexibility index (Phi) is 16.4. The molecule has 12 nitrogen and oxygen atoms in total. The Hall–Kier alpha value is -4.53. The van der Waals surface area contributed by atoms with Crippen LogP contribution in [0.3, 0.4) is 0 Å². The molecule has 2 fully saturated rings. The topological polar surface area (TPSA) is 167 Å². The summed E-state index contributed by atoms with van der Waals surface area (Å²) >= 11 is 0. The SMILES string of the molecule is O=C(Cc1ccc2c(c1)CCC2=O)CN1CCC(N2C(=O)OCc3ccccc32)CC1.O=C(Cc1ccc2c(c1)CCC2=O)CN1CCC(Nc2ccccc2CO)CC1.[Na+].[OH-]. The van der Waals surface area contributed by atoms with Crippen molar-refractivity contribution in [3.05, 3.63) is 129 Å². The quantitative estimate of drug-likeness (QED) is 0.201. The number of benzene rings is 4. The molecule has 0 unspecified atom stereocenters. The van der Waals surface area contributed by atoms with E-state index in [9.17, 15) is 29.1 Å². The van der Waals surface area contributed by atoms with E-state index in [1.807, 2.05) is 84.9 Å². The maximum absolute atomic E-state index is 12.7. The van der Waals surface area contributed by atoms with Crippen LogP contribution in [0.1, 0.15) is 92.6 Å². The number of hydrogen-bond donors (Lipinski definition) is 2. The number of carbonyl (C=O) groups excluding carboxylic acids is 5. The van der Waals surface area contributed by atoms with Gasteiger partial charge in [0.1, 0.15) is 6.61 Å². The zero-order valence-electron chi connectivity index (χ0n) is 35.7. The summed E-state index contributed by atoms with van der Waals surface area (Å²) in [6.07, 6.45) is 6.91. The van der Waals surface area contributed by atoms with Crippen LogP contribution in [0.4, 0.5) is 16.2 Å². The molecule has 3 N–H and O–H groups in total. The number of ketones is 4. The molecule has 3 aliphatic heterocycles. The van der Waals surface area contributed by atoms with Crippen LogP contribution in [0, 0.1) is 0 Å². The average Bonchev–Trinajstić information content (AvgIpc) is 3.82. The minimum Gasteiger partial charge on any atom is -0.870 e. The number of aryl methyl sites for hydroxylation is 2. The summed E-state index contributed by atoms with van der Waals surface area (Å²) in [6, 6.07) is 27.8.